The lowest BCUT2D eigenvalue weighted by Gasteiger charge is -2.18. The number of hydrogen-bond donors (Lipinski definition) is 0. The molecule has 0 radical (unpaired) electrons. The molecular formula is C19H19NO3S. The minimum Gasteiger partial charge on any atom is -0.456 e. The zero-order valence-corrected chi connectivity index (χ0v) is 14.3. The number of carbonyl (C=O) groups is 1. The average molecular weight is 341 g/mol. The SMILES string of the molecule is CCC[C@@H](OC(=O)Cn1c(=O)sc2ccccc21)c1ccccc1. The summed E-state index contributed by atoms with van der Waals surface area (Å²) in [6, 6.07) is 17.2. The molecule has 24 heavy (non-hydrogen) atoms. The molecule has 0 aliphatic heterocycles. The summed E-state index contributed by atoms with van der Waals surface area (Å²) in [5.74, 6) is -0.386. The van der Waals surface area contributed by atoms with Crippen molar-refractivity contribution in [2.75, 3.05) is 0 Å². The van der Waals surface area contributed by atoms with Gasteiger partial charge in [0.25, 0.3) is 0 Å². The van der Waals surface area contributed by atoms with Crippen molar-refractivity contribution in [1.29, 1.82) is 0 Å². The predicted molar refractivity (Wildman–Crippen MR) is 96.3 cm³/mol. The summed E-state index contributed by atoms with van der Waals surface area (Å²) >= 11 is 1.15. The Morgan fingerprint density at radius 2 is 1.83 bits per heavy atom. The molecule has 0 saturated carbocycles. The number of aromatic nitrogens is 1. The van der Waals surface area contributed by atoms with E-state index in [1.165, 1.54) is 4.57 Å². The van der Waals surface area contributed by atoms with E-state index in [1.54, 1.807) is 0 Å². The van der Waals surface area contributed by atoms with Crippen LogP contribution >= 0.6 is 11.3 Å². The quantitative estimate of drug-likeness (QED) is 0.633. The summed E-state index contributed by atoms with van der Waals surface area (Å²) in [7, 11) is 0. The zero-order chi connectivity index (χ0) is 16.9. The van der Waals surface area contributed by atoms with Crippen LogP contribution in [0.5, 0.6) is 0 Å². The van der Waals surface area contributed by atoms with Crippen LogP contribution in [0.4, 0.5) is 0 Å². The summed E-state index contributed by atoms with van der Waals surface area (Å²) in [6.07, 6.45) is 1.40. The van der Waals surface area contributed by atoms with E-state index in [1.807, 2.05) is 54.6 Å². The minimum atomic E-state index is -0.386. The molecule has 3 rings (SSSR count). The van der Waals surface area contributed by atoms with Gasteiger partial charge in [-0.05, 0) is 24.1 Å². The fourth-order valence-corrected chi connectivity index (χ4v) is 3.60. The van der Waals surface area contributed by atoms with Crippen LogP contribution in [0, 0.1) is 0 Å². The second-order valence-corrected chi connectivity index (χ2v) is 6.59. The van der Waals surface area contributed by atoms with Crippen molar-refractivity contribution in [3.63, 3.8) is 0 Å². The first-order valence-electron chi connectivity index (χ1n) is 8.02. The van der Waals surface area contributed by atoms with Gasteiger partial charge in [0.1, 0.15) is 12.6 Å². The van der Waals surface area contributed by atoms with E-state index in [4.69, 9.17) is 4.74 Å². The highest BCUT2D eigenvalue weighted by atomic mass is 32.1. The van der Waals surface area contributed by atoms with Crippen molar-refractivity contribution >= 4 is 27.5 Å². The number of thiazole rings is 1. The van der Waals surface area contributed by atoms with Crippen molar-refractivity contribution in [2.45, 2.75) is 32.4 Å². The molecule has 124 valence electrons. The largest absolute Gasteiger partial charge is 0.456 e. The van der Waals surface area contributed by atoms with E-state index in [0.717, 1.165) is 40.0 Å². The van der Waals surface area contributed by atoms with Crippen molar-refractivity contribution in [1.82, 2.24) is 4.57 Å². The molecule has 0 aliphatic carbocycles. The molecule has 5 heteroatoms. The lowest BCUT2D eigenvalue weighted by molar-refractivity contribution is -0.150. The standard InChI is InChI=1S/C19H19NO3S/c1-2-8-16(14-9-4-3-5-10-14)23-18(21)13-20-15-11-6-7-12-17(15)24-19(20)22/h3-7,9-12,16H,2,8,13H2,1H3/t16-/m1/s1. The van der Waals surface area contributed by atoms with Gasteiger partial charge >= 0.3 is 10.8 Å². The number of rotatable bonds is 6. The molecule has 1 aromatic heterocycles. The smallest absolute Gasteiger partial charge is 0.326 e. The van der Waals surface area contributed by atoms with Crippen LogP contribution in [0.2, 0.25) is 0 Å². The third kappa shape index (κ3) is 3.57. The van der Waals surface area contributed by atoms with Crippen molar-refractivity contribution in [3.8, 4) is 0 Å². The van der Waals surface area contributed by atoms with E-state index in [0.29, 0.717) is 0 Å². The second-order valence-electron chi connectivity index (χ2n) is 5.60. The van der Waals surface area contributed by atoms with Gasteiger partial charge in [-0.1, -0.05) is 67.1 Å². The van der Waals surface area contributed by atoms with E-state index >= 15 is 0 Å². The highest BCUT2D eigenvalue weighted by Gasteiger charge is 2.18. The zero-order valence-electron chi connectivity index (χ0n) is 13.5. The maximum Gasteiger partial charge on any atom is 0.326 e. The molecule has 0 aliphatic rings. The van der Waals surface area contributed by atoms with Crippen LogP contribution in [0.1, 0.15) is 31.4 Å². The van der Waals surface area contributed by atoms with E-state index < -0.39 is 0 Å². The lowest BCUT2D eigenvalue weighted by atomic mass is 10.1. The van der Waals surface area contributed by atoms with Gasteiger partial charge in [0.2, 0.25) is 0 Å². The molecule has 3 aromatic rings. The third-order valence-corrected chi connectivity index (χ3v) is 4.82. The van der Waals surface area contributed by atoms with Crippen LogP contribution < -0.4 is 4.87 Å². The van der Waals surface area contributed by atoms with Crippen LogP contribution in [-0.4, -0.2) is 10.5 Å². The first-order valence-corrected chi connectivity index (χ1v) is 8.83. The number of benzene rings is 2. The molecule has 0 saturated heterocycles. The Morgan fingerprint density at radius 3 is 2.58 bits per heavy atom. The Hall–Kier alpha value is -2.40. The normalized spacial score (nSPS) is 12.2. The molecule has 2 aromatic carbocycles. The molecule has 0 amide bonds. The number of carbonyl (C=O) groups excluding carboxylic acids is 1. The molecule has 0 spiro atoms. The molecule has 0 N–H and O–H groups in total. The highest BCUT2D eigenvalue weighted by Crippen LogP contribution is 2.23. The van der Waals surface area contributed by atoms with Gasteiger partial charge in [-0.3, -0.25) is 14.2 Å². The topological polar surface area (TPSA) is 48.3 Å². The molecule has 0 bridgehead atoms. The van der Waals surface area contributed by atoms with Gasteiger partial charge in [0.15, 0.2) is 0 Å². The molecule has 1 heterocycles. The minimum absolute atomic E-state index is 0.0596. The van der Waals surface area contributed by atoms with E-state index in [2.05, 4.69) is 6.92 Å². The third-order valence-electron chi connectivity index (χ3n) is 3.86. The summed E-state index contributed by atoms with van der Waals surface area (Å²) in [5, 5.41) is 0. The average Bonchev–Trinajstić information content (AvgIpc) is 2.91. The number of ether oxygens (including phenoxy) is 1. The molecule has 1 atom stereocenters. The van der Waals surface area contributed by atoms with Crippen molar-refractivity contribution in [2.24, 2.45) is 0 Å². The maximum absolute atomic E-state index is 12.4. The van der Waals surface area contributed by atoms with Gasteiger partial charge in [-0.2, -0.15) is 0 Å². The Morgan fingerprint density at radius 1 is 1.12 bits per heavy atom. The predicted octanol–water partition coefficient (Wildman–Crippen LogP) is 4.15. The number of nitrogens with zero attached hydrogens (tertiary/aromatic N) is 1. The molecular weight excluding hydrogens is 322 g/mol. The van der Waals surface area contributed by atoms with Gasteiger partial charge in [0, 0.05) is 0 Å². The number of esters is 1. The molecule has 4 nitrogen and oxygen atoms in total. The lowest BCUT2D eigenvalue weighted by Crippen LogP contribution is -2.22. The van der Waals surface area contributed by atoms with Crippen molar-refractivity contribution < 1.29 is 9.53 Å². The van der Waals surface area contributed by atoms with Crippen LogP contribution in [0.3, 0.4) is 0 Å². The molecule has 0 unspecified atom stereocenters. The van der Waals surface area contributed by atoms with Gasteiger partial charge in [-0.25, -0.2) is 0 Å². The maximum atomic E-state index is 12.4. The first-order chi connectivity index (χ1) is 11.7. The summed E-state index contributed by atoms with van der Waals surface area (Å²) in [5.41, 5.74) is 1.76. The van der Waals surface area contributed by atoms with E-state index in [9.17, 15) is 9.59 Å². The molecule has 0 fully saturated rings. The second kappa shape index (κ2) is 7.45. The first kappa shape index (κ1) is 16.5. The van der Waals surface area contributed by atoms with Crippen LogP contribution in [0.15, 0.2) is 59.4 Å². The van der Waals surface area contributed by atoms with Gasteiger partial charge < -0.3 is 4.74 Å². The summed E-state index contributed by atoms with van der Waals surface area (Å²) in [4.78, 5) is 24.4. The fraction of sp³-hybridized carbons (Fsp3) is 0.263. The Kier molecular flexibility index (Phi) is 5.11. The summed E-state index contributed by atoms with van der Waals surface area (Å²) in [6.45, 7) is 2.00. The summed E-state index contributed by atoms with van der Waals surface area (Å²) < 4.78 is 8.02. The number of hydrogen-bond acceptors (Lipinski definition) is 4. The fourth-order valence-electron chi connectivity index (χ4n) is 2.71. The number of fused-ring (bicyclic) bond motifs is 1. The van der Waals surface area contributed by atoms with Crippen molar-refractivity contribution in [3.05, 3.63) is 69.8 Å². The monoisotopic (exact) mass is 341 g/mol. The Labute approximate surface area is 144 Å². The van der Waals surface area contributed by atoms with Crippen LogP contribution in [-0.2, 0) is 16.1 Å². The van der Waals surface area contributed by atoms with E-state index in [-0.39, 0.29) is 23.5 Å². The van der Waals surface area contributed by atoms with Gasteiger partial charge in [-0.15, -0.1) is 0 Å². The highest BCUT2D eigenvalue weighted by molar-refractivity contribution is 7.16. The van der Waals surface area contributed by atoms with Gasteiger partial charge in [0.05, 0.1) is 10.2 Å². The van der Waals surface area contributed by atoms with Crippen LogP contribution in [0.25, 0.3) is 10.2 Å². The number of para-hydroxylation sites is 1. The Balaban J connectivity index is 1.78. The Bertz CT molecular complexity index is 882.